The molecule has 7 nitrogen and oxygen atoms in total. The zero-order valence-electron chi connectivity index (χ0n) is 14.1. The molecule has 0 saturated heterocycles. The first-order valence-electron chi connectivity index (χ1n) is 6.99. The van der Waals surface area contributed by atoms with Gasteiger partial charge in [0.2, 0.25) is 5.69 Å². The summed E-state index contributed by atoms with van der Waals surface area (Å²) in [5.74, 6) is -0.380. The van der Waals surface area contributed by atoms with Gasteiger partial charge in [0.25, 0.3) is 0 Å². The number of hydrogen-bond acceptors (Lipinski definition) is 7. The van der Waals surface area contributed by atoms with Crippen molar-refractivity contribution in [1.29, 1.82) is 0 Å². The monoisotopic (exact) mass is 383 g/mol. The van der Waals surface area contributed by atoms with Crippen LogP contribution in [-0.2, 0) is 24.9 Å². The van der Waals surface area contributed by atoms with Gasteiger partial charge in [-0.05, 0) is 26.0 Å². The molecule has 1 aromatic rings. The summed E-state index contributed by atoms with van der Waals surface area (Å²) in [4.78, 5) is 0.726. The molecule has 0 aromatic heterocycles. The third-order valence-corrected chi connectivity index (χ3v) is 5.53. The average Bonchev–Trinajstić information content (AvgIpc) is 2.65. The Balaban J connectivity index is 0.00000288. The Bertz CT molecular complexity index is 733. The van der Waals surface area contributed by atoms with E-state index in [2.05, 4.69) is 23.2 Å². The molecular weight excluding hydrogens is 365 g/mol. The van der Waals surface area contributed by atoms with Gasteiger partial charge in [0.15, 0.2) is 5.71 Å². The molecule has 24 heavy (non-hydrogen) atoms. The molecule has 2 rings (SSSR count). The van der Waals surface area contributed by atoms with Crippen molar-refractivity contribution in [2.75, 3.05) is 12.3 Å². The first-order valence-corrected chi connectivity index (χ1v) is 9.31. The molecule has 0 N–H and O–H groups in total. The minimum absolute atomic E-state index is 0. The molecule has 0 atom stereocenters. The summed E-state index contributed by atoms with van der Waals surface area (Å²) < 4.78 is 38.7. The Kier molecular flexibility index (Phi) is 7.92. The topological polar surface area (TPSA) is 102 Å². The molecule has 0 saturated carbocycles. The molecule has 1 heterocycles. The molecule has 0 spiro atoms. The SMILES string of the molecule is CC1=[N+](CCCS(=O)(=O)[O-])c2ccc(SOO[O-])cc2C1(C)C.[Na+]. The zero-order chi connectivity index (χ0) is 17.3. The van der Waals surface area contributed by atoms with Crippen molar-refractivity contribution in [3.05, 3.63) is 23.8 Å². The van der Waals surface area contributed by atoms with E-state index in [4.69, 9.17) is 0 Å². The van der Waals surface area contributed by atoms with Gasteiger partial charge in [-0.25, -0.2) is 8.42 Å². The Labute approximate surface area is 168 Å². The molecule has 128 valence electrons. The standard InChI is InChI=1S/C14H19NO6S2.Na/c1-10-14(2,3)12-9-11(22-21-20-16)5-6-13(12)15(10)7-4-8-23(17,18)19;/h5-6,9H,4,7-8H2,1-3H3,(H-,16,17,18,19);/q;+1/p-1. The Morgan fingerprint density at radius 2 is 2.00 bits per heavy atom. The summed E-state index contributed by atoms with van der Waals surface area (Å²) in [5.41, 5.74) is 2.82. The van der Waals surface area contributed by atoms with Gasteiger partial charge >= 0.3 is 29.6 Å². The number of nitrogens with zero attached hydrogens (tertiary/aromatic N) is 1. The molecule has 0 bridgehead atoms. The molecule has 1 aliphatic rings. The van der Waals surface area contributed by atoms with E-state index in [0.29, 0.717) is 6.54 Å². The quantitative estimate of drug-likeness (QED) is 0.137. The van der Waals surface area contributed by atoms with Crippen molar-refractivity contribution < 1.29 is 61.7 Å². The maximum absolute atomic E-state index is 10.8. The Morgan fingerprint density at radius 1 is 1.33 bits per heavy atom. The van der Waals surface area contributed by atoms with Crippen LogP contribution in [0.3, 0.4) is 0 Å². The van der Waals surface area contributed by atoms with Gasteiger partial charge < -0.3 is 9.81 Å². The predicted molar refractivity (Wildman–Crippen MR) is 82.1 cm³/mol. The van der Waals surface area contributed by atoms with E-state index in [9.17, 15) is 18.2 Å². The van der Waals surface area contributed by atoms with Crippen LogP contribution < -0.4 is 34.8 Å². The van der Waals surface area contributed by atoms with Crippen LogP contribution in [0.2, 0.25) is 0 Å². The van der Waals surface area contributed by atoms with Crippen molar-refractivity contribution in [1.82, 2.24) is 0 Å². The molecular formula is C14H18NNaO6S2. The Hall–Kier alpha value is 0.0300. The second-order valence-corrected chi connectivity index (χ2v) is 8.17. The molecule has 0 amide bonds. The van der Waals surface area contributed by atoms with Gasteiger partial charge in [0.05, 0.1) is 27.6 Å². The second kappa shape index (κ2) is 8.61. The van der Waals surface area contributed by atoms with Crippen LogP contribution in [0.15, 0.2) is 23.1 Å². The summed E-state index contributed by atoms with van der Waals surface area (Å²) in [6.07, 6.45) is 0.266. The number of hydrogen-bond donors (Lipinski definition) is 0. The van der Waals surface area contributed by atoms with Gasteiger partial charge in [-0.1, -0.05) is 0 Å². The van der Waals surface area contributed by atoms with Crippen LogP contribution in [0, 0.1) is 0 Å². The third kappa shape index (κ3) is 5.03. The minimum Gasteiger partial charge on any atom is -0.748 e. The zero-order valence-corrected chi connectivity index (χ0v) is 17.7. The Morgan fingerprint density at radius 3 is 2.58 bits per heavy atom. The van der Waals surface area contributed by atoms with E-state index in [-0.39, 0.29) is 47.1 Å². The molecule has 1 aliphatic heterocycles. The fourth-order valence-electron chi connectivity index (χ4n) is 2.76. The first kappa shape index (κ1) is 22.1. The first-order chi connectivity index (χ1) is 10.7. The van der Waals surface area contributed by atoms with Crippen molar-refractivity contribution in [3.8, 4) is 0 Å². The number of fused-ring (bicyclic) bond motifs is 1. The average molecular weight is 383 g/mol. The normalized spacial score (nSPS) is 16.0. The summed E-state index contributed by atoms with van der Waals surface area (Å²) in [5, 5.41) is 13.3. The third-order valence-electron chi connectivity index (χ3n) is 4.18. The summed E-state index contributed by atoms with van der Waals surface area (Å²) >= 11 is 0.828. The van der Waals surface area contributed by atoms with Crippen LogP contribution in [-0.4, -0.2) is 35.6 Å². The van der Waals surface area contributed by atoms with Gasteiger partial charge in [0.1, 0.15) is 6.54 Å². The smallest absolute Gasteiger partial charge is 0.748 e. The molecule has 0 fully saturated rings. The summed E-state index contributed by atoms with van der Waals surface area (Å²) in [7, 11) is -4.21. The second-order valence-electron chi connectivity index (χ2n) is 5.88. The molecule has 0 aliphatic carbocycles. The summed E-state index contributed by atoms with van der Waals surface area (Å²) in [6.45, 7) is 6.56. The fraction of sp³-hybridized carbons (Fsp3) is 0.500. The van der Waals surface area contributed by atoms with Crippen LogP contribution in [0.1, 0.15) is 32.8 Å². The largest absolute Gasteiger partial charge is 1.00 e. The van der Waals surface area contributed by atoms with Crippen LogP contribution in [0.25, 0.3) is 0 Å². The fourth-order valence-corrected chi connectivity index (χ4v) is 3.64. The van der Waals surface area contributed by atoms with Crippen molar-refractivity contribution in [2.45, 2.75) is 37.5 Å². The molecule has 1 aromatic carbocycles. The van der Waals surface area contributed by atoms with Gasteiger partial charge in [-0.15, -0.1) is 0 Å². The van der Waals surface area contributed by atoms with Crippen molar-refractivity contribution in [2.24, 2.45) is 0 Å². The van der Waals surface area contributed by atoms with Crippen LogP contribution in [0.4, 0.5) is 5.69 Å². The van der Waals surface area contributed by atoms with Gasteiger partial charge in [-0.3, -0.25) is 5.04 Å². The molecule has 0 radical (unpaired) electrons. The van der Waals surface area contributed by atoms with Gasteiger partial charge in [0, 0.05) is 35.6 Å². The maximum atomic E-state index is 10.8. The van der Waals surface area contributed by atoms with E-state index in [1.54, 1.807) is 6.07 Å². The number of benzene rings is 1. The van der Waals surface area contributed by atoms with E-state index in [1.807, 2.05) is 23.6 Å². The molecule has 10 heteroatoms. The van der Waals surface area contributed by atoms with E-state index in [1.165, 1.54) is 0 Å². The van der Waals surface area contributed by atoms with E-state index >= 15 is 0 Å². The van der Waals surface area contributed by atoms with E-state index in [0.717, 1.165) is 33.9 Å². The number of rotatable bonds is 7. The minimum atomic E-state index is -4.21. The van der Waals surface area contributed by atoms with Crippen LogP contribution >= 0.6 is 12.0 Å². The predicted octanol–water partition coefficient (Wildman–Crippen LogP) is -1.75. The van der Waals surface area contributed by atoms with Gasteiger partial charge in [-0.2, -0.15) is 8.91 Å². The summed E-state index contributed by atoms with van der Waals surface area (Å²) in [6, 6.07) is 5.58. The van der Waals surface area contributed by atoms with Crippen molar-refractivity contribution in [3.63, 3.8) is 0 Å². The van der Waals surface area contributed by atoms with Crippen molar-refractivity contribution >= 4 is 33.6 Å². The molecule has 0 unspecified atom stereocenters. The van der Waals surface area contributed by atoms with E-state index < -0.39 is 10.1 Å². The maximum Gasteiger partial charge on any atom is 1.00 e. The van der Waals surface area contributed by atoms with Crippen LogP contribution in [0.5, 0.6) is 0 Å².